The van der Waals surface area contributed by atoms with Crippen molar-refractivity contribution in [2.45, 2.75) is 13.5 Å². The molecule has 35 heavy (non-hydrogen) atoms. The number of aryl methyl sites for hydroxylation is 1. The van der Waals surface area contributed by atoms with E-state index in [1.807, 2.05) is 62.3 Å². The smallest absolute Gasteiger partial charge is 0.272 e. The van der Waals surface area contributed by atoms with E-state index in [1.54, 1.807) is 29.2 Å². The number of amides is 1. The standard InChI is InChI=1S/C26H27N5O4/c1-19-12-13-25(35-19)23-17-24(30(27-23)21-10-7-11-22(16-21)31(33)34)26(32)29(15-14-28(2)3)18-20-8-5-4-6-9-20/h4-13,16-17H,14-15,18H2,1-3H3. The molecule has 0 aliphatic carbocycles. The molecule has 2 heterocycles. The molecule has 0 N–H and O–H groups in total. The maximum atomic E-state index is 13.9. The first-order valence-electron chi connectivity index (χ1n) is 11.2. The van der Waals surface area contributed by atoms with Crippen molar-refractivity contribution >= 4 is 11.6 Å². The molecule has 0 aliphatic heterocycles. The quantitative estimate of drug-likeness (QED) is 0.261. The highest BCUT2D eigenvalue weighted by Gasteiger charge is 2.25. The molecule has 0 unspecified atom stereocenters. The van der Waals surface area contributed by atoms with E-state index in [-0.39, 0.29) is 11.6 Å². The van der Waals surface area contributed by atoms with Crippen LogP contribution in [0.15, 0.2) is 77.2 Å². The summed E-state index contributed by atoms with van der Waals surface area (Å²) in [6, 6.07) is 21.1. The van der Waals surface area contributed by atoms with Gasteiger partial charge in [-0.1, -0.05) is 36.4 Å². The minimum absolute atomic E-state index is 0.0828. The minimum atomic E-state index is -0.468. The van der Waals surface area contributed by atoms with Crippen molar-refractivity contribution in [3.63, 3.8) is 0 Å². The topological polar surface area (TPSA) is 97.7 Å². The average Bonchev–Trinajstić information content (AvgIpc) is 3.48. The lowest BCUT2D eigenvalue weighted by molar-refractivity contribution is -0.384. The molecule has 0 radical (unpaired) electrons. The number of nitro groups is 1. The third-order valence-corrected chi connectivity index (χ3v) is 5.53. The van der Waals surface area contributed by atoms with Crippen molar-refractivity contribution in [2.24, 2.45) is 0 Å². The van der Waals surface area contributed by atoms with Crippen molar-refractivity contribution in [1.29, 1.82) is 0 Å². The van der Waals surface area contributed by atoms with Crippen LogP contribution in [0.25, 0.3) is 17.1 Å². The predicted octanol–water partition coefficient (Wildman–Crippen LogP) is 4.55. The van der Waals surface area contributed by atoms with Crippen molar-refractivity contribution in [1.82, 2.24) is 19.6 Å². The molecule has 9 nitrogen and oxygen atoms in total. The fourth-order valence-electron chi connectivity index (χ4n) is 3.70. The number of carbonyl (C=O) groups excluding carboxylic acids is 1. The van der Waals surface area contributed by atoms with Crippen molar-refractivity contribution in [3.8, 4) is 17.1 Å². The SMILES string of the molecule is Cc1ccc(-c2cc(C(=O)N(CCN(C)C)Cc3ccccc3)n(-c3cccc([N+](=O)[O-])c3)n2)o1. The van der Waals surface area contributed by atoms with Crippen LogP contribution < -0.4 is 0 Å². The maximum Gasteiger partial charge on any atom is 0.272 e. The molecule has 180 valence electrons. The number of benzene rings is 2. The summed E-state index contributed by atoms with van der Waals surface area (Å²) in [5.41, 5.74) is 2.11. The number of rotatable bonds is 9. The zero-order valence-electron chi connectivity index (χ0n) is 19.9. The first-order valence-corrected chi connectivity index (χ1v) is 11.2. The number of furan rings is 1. The Morgan fingerprint density at radius 1 is 1.03 bits per heavy atom. The van der Waals surface area contributed by atoms with Gasteiger partial charge in [-0.25, -0.2) is 4.68 Å². The lowest BCUT2D eigenvalue weighted by Gasteiger charge is -2.25. The van der Waals surface area contributed by atoms with Gasteiger partial charge in [-0.2, -0.15) is 5.10 Å². The van der Waals surface area contributed by atoms with Crippen molar-refractivity contribution in [2.75, 3.05) is 27.2 Å². The minimum Gasteiger partial charge on any atom is -0.460 e. The molecular weight excluding hydrogens is 446 g/mol. The van der Waals surface area contributed by atoms with E-state index in [4.69, 9.17) is 4.42 Å². The average molecular weight is 474 g/mol. The Kier molecular flexibility index (Phi) is 7.07. The van der Waals surface area contributed by atoms with E-state index < -0.39 is 4.92 Å². The lowest BCUT2D eigenvalue weighted by atomic mass is 10.2. The highest BCUT2D eigenvalue weighted by Crippen LogP contribution is 2.26. The van der Waals surface area contributed by atoms with Crippen LogP contribution in [0.1, 0.15) is 21.8 Å². The molecule has 0 saturated heterocycles. The monoisotopic (exact) mass is 473 g/mol. The summed E-state index contributed by atoms with van der Waals surface area (Å²) in [5.74, 6) is 1.00. The number of hydrogen-bond donors (Lipinski definition) is 0. The largest absolute Gasteiger partial charge is 0.460 e. The molecule has 9 heteroatoms. The zero-order chi connectivity index (χ0) is 24.9. The number of likely N-dealkylation sites (N-methyl/N-ethyl adjacent to an activating group) is 1. The van der Waals surface area contributed by atoms with E-state index >= 15 is 0 Å². The van der Waals surface area contributed by atoms with Gasteiger partial charge in [-0.15, -0.1) is 0 Å². The van der Waals surface area contributed by atoms with E-state index in [2.05, 4.69) is 5.10 Å². The third kappa shape index (κ3) is 5.64. The lowest BCUT2D eigenvalue weighted by Crippen LogP contribution is -2.37. The second-order valence-electron chi connectivity index (χ2n) is 8.53. The van der Waals surface area contributed by atoms with Crippen molar-refractivity contribution in [3.05, 3.63) is 99.9 Å². The van der Waals surface area contributed by atoms with Crippen LogP contribution in [-0.2, 0) is 6.54 Å². The maximum absolute atomic E-state index is 13.9. The first kappa shape index (κ1) is 23.9. The van der Waals surface area contributed by atoms with Crippen molar-refractivity contribution < 1.29 is 14.1 Å². The van der Waals surface area contributed by atoms with E-state index in [0.29, 0.717) is 42.5 Å². The molecule has 1 amide bonds. The Morgan fingerprint density at radius 3 is 2.46 bits per heavy atom. The molecule has 0 spiro atoms. The Labute approximate surface area is 203 Å². The van der Waals surface area contributed by atoms with E-state index in [0.717, 1.165) is 11.3 Å². The number of hydrogen-bond acceptors (Lipinski definition) is 6. The molecule has 0 aliphatic rings. The van der Waals surface area contributed by atoms with Gasteiger partial charge in [-0.3, -0.25) is 14.9 Å². The normalized spacial score (nSPS) is 11.1. The van der Waals surface area contributed by atoms with Gasteiger partial charge in [0.1, 0.15) is 17.1 Å². The summed E-state index contributed by atoms with van der Waals surface area (Å²) in [6.45, 7) is 3.42. The first-order chi connectivity index (χ1) is 16.8. The summed E-state index contributed by atoms with van der Waals surface area (Å²) < 4.78 is 7.19. The summed E-state index contributed by atoms with van der Waals surface area (Å²) in [6.07, 6.45) is 0. The number of aromatic nitrogens is 2. The van der Waals surface area contributed by atoms with Gasteiger partial charge in [0.25, 0.3) is 11.6 Å². The van der Waals surface area contributed by atoms with Crippen LogP contribution in [0.2, 0.25) is 0 Å². The summed E-state index contributed by atoms with van der Waals surface area (Å²) >= 11 is 0. The van der Waals surface area contributed by atoms with Gasteiger partial charge in [0.2, 0.25) is 0 Å². The zero-order valence-corrected chi connectivity index (χ0v) is 19.9. The Balaban J connectivity index is 1.78. The summed E-state index contributed by atoms with van der Waals surface area (Å²) in [7, 11) is 3.91. The van der Waals surface area contributed by atoms with Crippen LogP contribution in [0.4, 0.5) is 5.69 Å². The van der Waals surface area contributed by atoms with Crippen LogP contribution in [0, 0.1) is 17.0 Å². The highest BCUT2D eigenvalue weighted by atomic mass is 16.6. The molecule has 4 aromatic rings. The van der Waals surface area contributed by atoms with Crippen LogP contribution in [0.3, 0.4) is 0 Å². The molecule has 4 rings (SSSR count). The predicted molar refractivity (Wildman–Crippen MR) is 132 cm³/mol. The number of non-ortho nitro benzene ring substituents is 1. The van der Waals surface area contributed by atoms with Gasteiger partial charge >= 0.3 is 0 Å². The second-order valence-corrected chi connectivity index (χ2v) is 8.53. The number of carbonyl (C=O) groups is 1. The van der Waals surface area contributed by atoms with Crippen LogP contribution >= 0.6 is 0 Å². The highest BCUT2D eigenvalue weighted by molar-refractivity contribution is 5.94. The fourth-order valence-corrected chi connectivity index (χ4v) is 3.70. The Morgan fingerprint density at radius 2 is 1.80 bits per heavy atom. The fraction of sp³-hybridized carbons (Fsp3) is 0.231. The van der Waals surface area contributed by atoms with Gasteiger partial charge in [0, 0.05) is 37.8 Å². The van der Waals surface area contributed by atoms with E-state index in [1.165, 1.54) is 16.8 Å². The molecule has 0 atom stereocenters. The second kappa shape index (κ2) is 10.4. The molecular formula is C26H27N5O4. The van der Waals surface area contributed by atoms with Gasteiger partial charge < -0.3 is 14.2 Å². The number of nitrogens with zero attached hydrogens (tertiary/aromatic N) is 5. The number of nitro benzene ring substituents is 1. The third-order valence-electron chi connectivity index (χ3n) is 5.53. The summed E-state index contributed by atoms with van der Waals surface area (Å²) in [4.78, 5) is 28.6. The van der Waals surface area contributed by atoms with Gasteiger partial charge in [0.05, 0.1) is 10.6 Å². The van der Waals surface area contributed by atoms with E-state index in [9.17, 15) is 14.9 Å². The molecule has 2 aromatic heterocycles. The molecule has 2 aromatic carbocycles. The molecule has 0 bridgehead atoms. The van der Waals surface area contributed by atoms with Gasteiger partial charge in [0.15, 0.2) is 5.76 Å². The Bertz CT molecular complexity index is 1330. The Hall–Kier alpha value is -4.24. The van der Waals surface area contributed by atoms with Gasteiger partial charge in [-0.05, 0) is 44.8 Å². The molecule has 0 saturated carbocycles. The van der Waals surface area contributed by atoms with Crippen LogP contribution in [-0.4, -0.2) is 57.6 Å². The van der Waals surface area contributed by atoms with Crippen LogP contribution in [0.5, 0.6) is 0 Å². The summed E-state index contributed by atoms with van der Waals surface area (Å²) in [5, 5.41) is 16.0. The molecule has 0 fully saturated rings.